The van der Waals surface area contributed by atoms with Crippen LogP contribution < -0.4 is 4.74 Å². The van der Waals surface area contributed by atoms with Crippen LogP contribution in [0.4, 0.5) is 0 Å². The van der Waals surface area contributed by atoms with E-state index in [0.29, 0.717) is 39.0 Å². The van der Waals surface area contributed by atoms with Crippen LogP contribution >= 0.6 is 0 Å². The number of carbonyl (C=O) groups is 1. The highest BCUT2D eigenvalue weighted by molar-refractivity contribution is 7.86. The summed E-state index contributed by atoms with van der Waals surface area (Å²) in [7, 11) is 1.25. The molecule has 0 spiro atoms. The number of rotatable bonds is 6. The van der Waals surface area contributed by atoms with Crippen molar-refractivity contribution in [2.75, 3.05) is 47.4 Å². The molecule has 0 radical (unpaired) electrons. The van der Waals surface area contributed by atoms with E-state index >= 15 is 0 Å². The van der Waals surface area contributed by atoms with Crippen molar-refractivity contribution < 1.29 is 17.9 Å². The van der Waals surface area contributed by atoms with Gasteiger partial charge in [0.1, 0.15) is 5.75 Å². The van der Waals surface area contributed by atoms with Gasteiger partial charge in [-0.15, -0.1) is 0 Å². The van der Waals surface area contributed by atoms with Crippen LogP contribution in [0.3, 0.4) is 0 Å². The Kier molecular flexibility index (Phi) is 6.20. The van der Waals surface area contributed by atoms with Crippen molar-refractivity contribution in [3.63, 3.8) is 0 Å². The molecule has 8 heteroatoms. The first kappa shape index (κ1) is 18.7. The number of benzene rings is 1. The van der Waals surface area contributed by atoms with E-state index in [4.69, 9.17) is 4.74 Å². The van der Waals surface area contributed by atoms with Gasteiger partial charge in [-0.1, -0.05) is 12.1 Å². The van der Waals surface area contributed by atoms with Crippen molar-refractivity contribution in [3.8, 4) is 5.75 Å². The number of nitrogens with zero attached hydrogens (tertiary/aromatic N) is 3. The molecular weight excluding hydrogens is 330 g/mol. The molecule has 1 aromatic carbocycles. The Balaban J connectivity index is 1.85. The van der Waals surface area contributed by atoms with E-state index in [-0.39, 0.29) is 5.91 Å². The predicted molar refractivity (Wildman–Crippen MR) is 92.1 cm³/mol. The van der Waals surface area contributed by atoms with E-state index in [1.165, 1.54) is 22.7 Å². The minimum Gasteiger partial charge on any atom is -0.497 e. The Bertz CT molecular complexity index is 668. The Morgan fingerprint density at radius 2 is 1.88 bits per heavy atom. The number of carbonyl (C=O) groups excluding carboxylic acids is 1. The quantitative estimate of drug-likeness (QED) is 0.748. The van der Waals surface area contributed by atoms with Gasteiger partial charge >= 0.3 is 0 Å². The molecule has 1 aliphatic heterocycles. The van der Waals surface area contributed by atoms with Crippen LogP contribution in [0.25, 0.3) is 0 Å². The van der Waals surface area contributed by atoms with E-state index in [1.807, 2.05) is 24.3 Å². The maximum absolute atomic E-state index is 12.3. The molecule has 1 heterocycles. The van der Waals surface area contributed by atoms with Crippen molar-refractivity contribution in [2.24, 2.45) is 0 Å². The van der Waals surface area contributed by atoms with Crippen LogP contribution in [0.1, 0.15) is 12.0 Å². The summed E-state index contributed by atoms with van der Waals surface area (Å²) in [6.07, 6.45) is 1.06. The molecule has 0 unspecified atom stereocenters. The van der Waals surface area contributed by atoms with Crippen LogP contribution in [0.5, 0.6) is 5.75 Å². The smallest absolute Gasteiger partial charge is 0.281 e. The summed E-state index contributed by atoms with van der Waals surface area (Å²) in [5.74, 6) is 0.835. The van der Waals surface area contributed by atoms with E-state index in [1.54, 1.807) is 12.0 Å². The predicted octanol–water partition coefficient (Wildman–Crippen LogP) is 0.578. The van der Waals surface area contributed by atoms with Gasteiger partial charge in [0.15, 0.2) is 0 Å². The second-order valence-electron chi connectivity index (χ2n) is 5.92. The fourth-order valence-corrected chi connectivity index (χ4v) is 3.72. The van der Waals surface area contributed by atoms with Crippen molar-refractivity contribution >= 4 is 16.1 Å². The highest BCUT2D eigenvalue weighted by Crippen LogP contribution is 2.15. The third kappa shape index (κ3) is 4.46. The summed E-state index contributed by atoms with van der Waals surface area (Å²) in [5, 5.41) is 0. The molecule has 0 N–H and O–H groups in total. The molecule has 7 nitrogen and oxygen atoms in total. The fourth-order valence-electron chi connectivity index (χ4n) is 2.64. The van der Waals surface area contributed by atoms with Gasteiger partial charge in [-0.2, -0.15) is 17.0 Å². The van der Waals surface area contributed by atoms with Crippen molar-refractivity contribution in [1.29, 1.82) is 0 Å². The molecule has 134 valence electrons. The summed E-state index contributed by atoms with van der Waals surface area (Å²) in [4.78, 5) is 14.1. The Labute approximate surface area is 144 Å². The van der Waals surface area contributed by atoms with Gasteiger partial charge in [-0.05, 0) is 24.1 Å². The van der Waals surface area contributed by atoms with Gasteiger partial charge in [-0.25, -0.2) is 0 Å². The first-order valence-electron chi connectivity index (χ1n) is 7.93. The largest absolute Gasteiger partial charge is 0.497 e. The van der Waals surface area contributed by atoms with Crippen LogP contribution in [0.2, 0.25) is 0 Å². The second kappa shape index (κ2) is 7.96. The zero-order valence-corrected chi connectivity index (χ0v) is 15.3. The lowest BCUT2D eigenvalue weighted by molar-refractivity contribution is -0.132. The van der Waals surface area contributed by atoms with E-state index in [2.05, 4.69) is 0 Å². The zero-order valence-electron chi connectivity index (χ0n) is 14.4. The average Bonchev–Trinajstić information content (AvgIpc) is 2.59. The monoisotopic (exact) mass is 355 g/mol. The van der Waals surface area contributed by atoms with Crippen LogP contribution in [-0.2, 0) is 21.4 Å². The SMILES string of the molecule is COc1cccc(CCC(=O)N2CCN(S(=O)(=O)N(C)C)CC2)c1. The number of ether oxygens (including phenoxy) is 1. The molecule has 1 saturated heterocycles. The lowest BCUT2D eigenvalue weighted by atomic mass is 10.1. The van der Waals surface area contributed by atoms with Gasteiger partial charge in [-0.3, -0.25) is 4.79 Å². The number of aryl methyl sites for hydroxylation is 1. The maximum atomic E-state index is 12.3. The first-order chi connectivity index (χ1) is 11.3. The van der Waals surface area contributed by atoms with Gasteiger partial charge < -0.3 is 9.64 Å². The van der Waals surface area contributed by atoms with E-state index in [0.717, 1.165) is 11.3 Å². The number of methoxy groups -OCH3 is 1. The molecule has 0 saturated carbocycles. The Morgan fingerprint density at radius 1 is 1.21 bits per heavy atom. The van der Waals surface area contributed by atoms with Crippen molar-refractivity contribution in [3.05, 3.63) is 29.8 Å². The molecule has 0 bridgehead atoms. The number of amides is 1. The van der Waals surface area contributed by atoms with E-state index in [9.17, 15) is 13.2 Å². The topological polar surface area (TPSA) is 70.2 Å². The number of hydrogen-bond donors (Lipinski definition) is 0. The van der Waals surface area contributed by atoms with Gasteiger partial charge in [0, 0.05) is 46.7 Å². The van der Waals surface area contributed by atoms with Gasteiger partial charge in [0.05, 0.1) is 7.11 Å². The van der Waals surface area contributed by atoms with Gasteiger partial charge in [0.25, 0.3) is 10.2 Å². The highest BCUT2D eigenvalue weighted by atomic mass is 32.2. The van der Waals surface area contributed by atoms with E-state index < -0.39 is 10.2 Å². The molecular formula is C16H25N3O4S. The average molecular weight is 355 g/mol. The molecule has 24 heavy (non-hydrogen) atoms. The van der Waals surface area contributed by atoms with Crippen LogP contribution in [0, 0.1) is 0 Å². The molecule has 0 atom stereocenters. The molecule has 1 amide bonds. The molecule has 1 aliphatic rings. The van der Waals surface area contributed by atoms with Gasteiger partial charge in [0.2, 0.25) is 5.91 Å². The third-order valence-electron chi connectivity index (χ3n) is 4.14. The summed E-state index contributed by atoms with van der Waals surface area (Å²) < 4.78 is 31.9. The molecule has 2 rings (SSSR count). The fraction of sp³-hybridized carbons (Fsp3) is 0.562. The summed E-state index contributed by atoms with van der Waals surface area (Å²) >= 11 is 0. The number of piperazine rings is 1. The maximum Gasteiger partial charge on any atom is 0.281 e. The van der Waals surface area contributed by atoms with Crippen LogP contribution in [-0.4, -0.2) is 75.2 Å². The first-order valence-corrected chi connectivity index (χ1v) is 9.32. The molecule has 1 aromatic rings. The minimum atomic E-state index is -3.40. The highest BCUT2D eigenvalue weighted by Gasteiger charge is 2.29. The molecule has 0 aliphatic carbocycles. The standard InChI is InChI=1S/C16H25N3O4S/c1-17(2)24(21,22)19-11-9-18(10-12-19)16(20)8-7-14-5-4-6-15(13-14)23-3/h4-6,13H,7-12H2,1-3H3. The third-order valence-corrected chi connectivity index (χ3v) is 6.08. The normalized spacial score (nSPS) is 16.4. The molecule has 0 aromatic heterocycles. The Hall–Kier alpha value is -1.64. The minimum absolute atomic E-state index is 0.0553. The molecule has 1 fully saturated rings. The Morgan fingerprint density at radius 3 is 2.46 bits per heavy atom. The number of hydrogen-bond acceptors (Lipinski definition) is 4. The summed E-state index contributed by atoms with van der Waals surface area (Å²) in [6.45, 7) is 1.55. The summed E-state index contributed by atoms with van der Waals surface area (Å²) in [5.41, 5.74) is 1.05. The van der Waals surface area contributed by atoms with Crippen molar-refractivity contribution in [2.45, 2.75) is 12.8 Å². The summed E-state index contributed by atoms with van der Waals surface area (Å²) in [6, 6.07) is 7.67. The van der Waals surface area contributed by atoms with Crippen molar-refractivity contribution in [1.82, 2.24) is 13.5 Å². The van der Waals surface area contributed by atoms with Crippen LogP contribution in [0.15, 0.2) is 24.3 Å². The lowest BCUT2D eigenvalue weighted by Crippen LogP contribution is -2.53. The lowest BCUT2D eigenvalue weighted by Gasteiger charge is -2.35. The second-order valence-corrected chi connectivity index (χ2v) is 8.06. The zero-order chi connectivity index (χ0) is 17.7.